The van der Waals surface area contributed by atoms with Gasteiger partial charge in [-0.15, -0.1) is 0 Å². The summed E-state index contributed by atoms with van der Waals surface area (Å²) >= 11 is 0. The number of aliphatic hydroxyl groups excluding tert-OH is 1. The Labute approximate surface area is 138 Å². The molecule has 2 fully saturated rings. The molecule has 0 bridgehead atoms. The molecule has 23 heavy (non-hydrogen) atoms. The third kappa shape index (κ3) is 3.69. The Morgan fingerprint density at radius 1 is 1.17 bits per heavy atom. The second-order valence-corrected chi connectivity index (χ2v) is 6.84. The molecule has 1 heterocycles. The minimum Gasteiger partial charge on any atom is -0.497 e. The lowest BCUT2D eigenvalue weighted by molar-refractivity contribution is -0.133. The van der Waals surface area contributed by atoms with E-state index in [0.717, 1.165) is 50.0 Å². The monoisotopic (exact) mass is 317 g/mol. The van der Waals surface area contributed by atoms with Gasteiger partial charge in [-0.1, -0.05) is 25.0 Å². The minimum absolute atomic E-state index is 0.190. The first-order valence-corrected chi connectivity index (χ1v) is 8.79. The fourth-order valence-corrected chi connectivity index (χ4v) is 4.16. The van der Waals surface area contributed by atoms with Gasteiger partial charge in [-0.25, -0.2) is 0 Å². The van der Waals surface area contributed by atoms with E-state index in [1.54, 1.807) is 7.11 Å². The maximum atomic E-state index is 12.7. The average Bonchev–Trinajstić information content (AvgIpc) is 3.05. The largest absolute Gasteiger partial charge is 0.497 e. The molecule has 3 rings (SSSR count). The van der Waals surface area contributed by atoms with Gasteiger partial charge in [0, 0.05) is 18.5 Å². The first-order valence-electron chi connectivity index (χ1n) is 8.79. The molecular weight excluding hydrogens is 290 g/mol. The van der Waals surface area contributed by atoms with Crippen LogP contribution in [0.25, 0.3) is 0 Å². The molecule has 1 aromatic rings. The molecule has 1 saturated carbocycles. The van der Waals surface area contributed by atoms with Gasteiger partial charge in [-0.3, -0.25) is 4.79 Å². The van der Waals surface area contributed by atoms with E-state index in [4.69, 9.17) is 4.74 Å². The number of hydrogen-bond donors (Lipinski definition) is 1. The van der Waals surface area contributed by atoms with Crippen LogP contribution < -0.4 is 4.74 Å². The fraction of sp³-hybridized carbons (Fsp3) is 0.632. The van der Waals surface area contributed by atoms with E-state index in [0.29, 0.717) is 6.42 Å². The summed E-state index contributed by atoms with van der Waals surface area (Å²) in [5.41, 5.74) is 1.02. The highest BCUT2D eigenvalue weighted by molar-refractivity contribution is 5.79. The van der Waals surface area contributed by atoms with Gasteiger partial charge < -0.3 is 14.7 Å². The number of aliphatic hydroxyl groups is 1. The van der Waals surface area contributed by atoms with Crippen LogP contribution in [0.4, 0.5) is 0 Å². The van der Waals surface area contributed by atoms with Crippen molar-refractivity contribution in [2.24, 2.45) is 5.92 Å². The van der Waals surface area contributed by atoms with Crippen LogP contribution in [0, 0.1) is 5.92 Å². The normalized spacial score (nSPS) is 27.9. The first-order chi connectivity index (χ1) is 11.2. The number of hydrogen-bond acceptors (Lipinski definition) is 3. The molecule has 1 aliphatic carbocycles. The molecule has 0 radical (unpaired) electrons. The molecule has 4 nitrogen and oxygen atoms in total. The quantitative estimate of drug-likeness (QED) is 0.929. The minimum atomic E-state index is -0.233. The van der Waals surface area contributed by atoms with Crippen molar-refractivity contribution in [1.82, 2.24) is 4.90 Å². The number of carbonyl (C=O) groups excluding carboxylic acids is 1. The molecule has 3 atom stereocenters. The summed E-state index contributed by atoms with van der Waals surface area (Å²) in [4.78, 5) is 14.8. The first kappa shape index (κ1) is 16.3. The van der Waals surface area contributed by atoms with Crippen LogP contribution in [0.5, 0.6) is 5.75 Å². The van der Waals surface area contributed by atoms with Gasteiger partial charge in [0.15, 0.2) is 0 Å². The third-order valence-electron chi connectivity index (χ3n) is 5.41. The van der Waals surface area contributed by atoms with Crippen LogP contribution in [0.15, 0.2) is 24.3 Å². The molecule has 1 saturated heterocycles. The zero-order valence-electron chi connectivity index (χ0n) is 13.9. The van der Waals surface area contributed by atoms with Crippen LogP contribution in [0.2, 0.25) is 0 Å². The van der Waals surface area contributed by atoms with Crippen LogP contribution in [-0.2, 0) is 11.2 Å². The molecule has 126 valence electrons. The summed E-state index contributed by atoms with van der Waals surface area (Å²) in [5.74, 6) is 1.27. The molecule has 1 aromatic carbocycles. The smallest absolute Gasteiger partial charge is 0.227 e. The lowest BCUT2D eigenvalue weighted by atomic mass is 9.80. The second kappa shape index (κ2) is 7.35. The Morgan fingerprint density at radius 3 is 2.61 bits per heavy atom. The van der Waals surface area contributed by atoms with Gasteiger partial charge in [-0.2, -0.15) is 0 Å². The van der Waals surface area contributed by atoms with Crippen molar-refractivity contribution in [1.29, 1.82) is 0 Å². The maximum Gasteiger partial charge on any atom is 0.227 e. The lowest BCUT2D eigenvalue weighted by Gasteiger charge is -2.37. The van der Waals surface area contributed by atoms with Gasteiger partial charge in [-0.05, 0) is 43.4 Å². The van der Waals surface area contributed by atoms with Gasteiger partial charge >= 0.3 is 0 Å². The van der Waals surface area contributed by atoms with Gasteiger partial charge in [0.05, 0.1) is 19.6 Å². The summed E-state index contributed by atoms with van der Waals surface area (Å²) in [6, 6.07) is 7.94. The summed E-state index contributed by atoms with van der Waals surface area (Å²) in [5, 5.41) is 10.3. The number of nitrogens with zero attached hydrogens (tertiary/aromatic N) is 1. The maximum absolute atomic E-state index is 12.7. The van der Waals surface area contributed by atoms with Crippen LogP contribution in [0.1, 0.15) is 44.1 Å². The van der Waals surface area contributed by atoms with Gasteiger partial charge in [0.1, 0.15) is 5.75 Å². The van der Waals surface area contributed by atoms with Crippen molar-refractivity contribution in [2.45, 2.75) is 57.1 Å². The summed E-state index contributed by atoms with van der Waals surface area (Å²) in [6.45, 7) is 0.836. The Morgan fingerprint density at radius 2 is 1.91 bits per heavy atom. The Hall–Kier alpha value is -1.55. The summed E-state index contributed by atoms with van der Waals surface area (Å²) in [7, 11) is 1.64. The predicted octanol–water partition coefficient (Wildman–Crippen LogP) is 2.78. The molecule has 1 amide bonds. The van der Waals surface area contributed by atoms with Crippen LogP contribution in [0.3, 0.4) is 0 Å². The Kier molecular flexibility index (Phi) is 5.21. The molecule has 1 N–H and O–H groups in total. The van der Waals surface area contributed by atoms with Crippen molar-refractivity contribution in [3.05, 3.63) is 29.8 Å². The summed E-state index contributed by atoms with van der Waals surface area (Å²) < 4.78 is 5.16. The zero-order valence-corrected chi connectivity index (χ0v) is 13.9. The average molecular weight is 317 g/mol. The van der Waals surface area contributed by atoms with E-state index in [9.17, 15) is 9.90 Å². The van der Waals surface area contributed by atoms with Gasteiger partial charge in [0.2, 0.25) is 5.91 Å². The number of benzene rings is 1. The van der Waals surface area contributed by atoms with E-state index < -0.39 is 0 Å². The number of methoxy groups -OCH3 is 1. The van der Waals surface area contributed by atoms with Crippen molar-refractivity contribution in [3.8, 4) is 5.75 Å². The molecule has 4 heteroatoms. The molecule has 0 aromatic heterocycles. The predicted molar refractivity (Wildman–Crippen MR) is 89.4 cm³/mol. The highest BCUT2D eigenvalue weighted by Crippen LogP contribution is 2.35. The number of rotatable bonds is 4. The topological polar surface area (TPSA) is 49.8 Å². The van der Waals surface area contributed by atoms with E-state index in [1.807, 2.05) is 29.2 Å². The molecule has 1 aliphatic heterocycles. The van der Waals surface area contributed by atoms with Gasteiger partial charge in [0.25, 0.3) is 0 Å². The van der Waals surface area contributed by atoms with E-state index >= 15 is 0 Å². The number of likely N-dealkylation sites (tertiary alicyclic amines) is 1. The number of carbonyl (C=O) groups is 1. The van der Waals surface area contributed by atoms with E-state index in [2.05, 4.69) is 0 Å². The van der Waals surface area contributed by atoms with Crippen molar-refractivity contribution < 1.29 is 14.6 Å². The second-order valence-electron chi connectivity index (χ2n) is 6.84. The lowest BCUT2D eigenvalue weighted by Crippen LogP contribution is -2.45. The molecule has 2 aliphatic rings. The number of amides is 1. The van der Waals surface area contributed by atoms with E-state index in [1.165, 1.54) is 6.42 Å². The highest BCUT2D eigenvalue weighted by Gasteiger charge is 2.38. The fourth-order valence-electron chi connectivity index (χ4n) is 4.16. The Bertz CT molecular complexity index is 528. The van der Waals surface area contributed by atoms with Crippen LogP contribution in [-0.4, -0.2) is 41.7 Å². The van der Waals surface area contributed by atoms with Crippen LogP contribution >= 0.6 is 0 Å². The summed E-state index contributed by atoms with van der Waals surface area (Å²) in [6.07, 6.45) is 6.54. The highest BCUT2D eigenvalue weighted by atomic mass is 16.5. The third-order valence-corrected chi connectivity index (χ3v) is 5.41. The Balaban J connectivity index is 1.65. The SMILES string of the molecule is COc1ccc(CC(=O)N2CCC[C@@H]2[C@@H]2CCCC[C@@H]2O)cc1. The number of ether oxygens (including phenoxy) is 1. The standard InChI is InChI=1S/C19H27NO3/c1-23-15-10-8-14(9-11-15)13-19(22)20-12-4-6-17(20)16-5-2-3-7-18(16)21/h8-11,16-18,21H,2-7,12-13H2,1H3/t16-,17+,18-/m0/s1. The molecular formula is C19H27NO3. The molecule has 0 spiro atoms. The van der Waals surface area contributed by atoms with E-state index in [-0.39, 0.29) is 24.0 Å². The van der Waals surface area contributed by atoms with Crippen molar-refractivity contribution in [2.75, 3.05) is 13.7 Å². The molecule has 0 unspecified atom stereocenters. The van der Waals surface area contributed by atoms with Crippen molar-refractivity contribution in [3.63, 3.8) is 0 Å². The van der Waals surface area contributed by atoms with Crippen molar-refractivity contribution >= 4 is 5.91 Å². The zero-order chi connectivity index (χ0) is 16.2.